The van der Waals surface area contributed by atoms with Crippen LogP contribution in [0.3, 0.4) is 0 Å². The highest BCUT2D eigenvalue weighted by molar-refractivity contribution is 5.55. The van der Waals surface area contributed by atoms with E-state index < -0.39 is 0 Å². The first-order valence-corrected chi connectivity index (χ1v) is 4.22. The van der Waals surface area contributed by atoms with Crippen LogP contribution < -0.4 is 0 Å². The smallest absolute Gasteiger partial charge is 0.162 e. The van der Waals surface area contributed by atoms with Gasteiger partial charge in [-0.15, -0.1) is 0 Å². The van der Waals surface area contributed by atoms with Crippen molar-refractivity contribution < 1.29 is 4.52 Å². The van der Waals surface area contributed by atoms with Gasteiger partial charge in [0.25, 0.3) is 0 Å². The lowest BCUT2D eigenvalue weighted by Crippen LogP contribution is -2.19. The Hall–Kier alpha value is -1.05. The molecule has 12 heavy (non-hydrogen) atoms. The SMILES string of the molecule is CC1=Cc2oncc2CC1(C)C. The number of nitrogens with zero attached hydrogens (tertiary/aromatic N) is 1. The van der Waals surface area contributed by atoms with Gasteiger partial charge in [-0.25, -0.2) is 0 Å². The maximum Gasteiger partial charge on any atom is 0.162 e. The fourth-order valence-corrected chi connectivity index (χ4v) is 1.53. The number of fused-ring (bicyclic) bond motifs is 1. The summed E-state index contributed by atoms with van der Waals surface area (Å²) in [6.45, 7) is 6.63. The van der Waals surface area contributed by atoms with Gasteiger partial charge in [0.05, 0.1) is 6.20 Å². The highest BCUT2D eigenvalue weighted by atomic mass is 16.5. The molecule has 0 bridgehead atoms. The second-order valence-electron chi connectivity index (χ2n) is 4.10. The summed E-state index contributed by atoms with van der Waals surface area (Å²) in [5, 5.41) is 3.78. The van der Waals surface area contributed by atoms with Gasteiger partial charge in [0, 0.05) is 5.56 Å². The van der Waals surface area contributed by atoms with Crippen LogP contribution in [0.2, 0.25) is 0 Å². The molecule has 0 fully saturated rings. The molecule has 0 spiro atoms. The molecule has 1 aromatic heterocycles. The Balaban J connectivity index is 2.51. The summed E-state index contributed by atoms with van der Waals surface area (Å²) in [6, 6.07) is 0. The van der Waals surface area contributed by atoms with E-state index in [2.05, 4.69) is 32.0 Å². The number of hydrogen-bond donors (Lipinski definition) is 0. The third-order valence-electron chi connectivity index (χ3n) is 2.72. The Morgan fingerprint density at radius 2 is 2.25 bits per heavy atom. The van der Waals surface area contributed by atoms with Crippen molar-refractivity contribution in [1.82, 2.24) is 5.16 Å². The molecule has 2 nitrogen and oxygen atoms in total. The van der Waals surface area contributed by atoms with Crippen LogP contribution in [-0.2, 0) is 6.42 Å². The summed E-state index contributed by atoms with van der Waals surface area (Å²) in [7, 11) is 0. The molecule has 2 rings (SSSR count). The van der Waals surface area contributed by atoms with E-state index >= 15 is 0 Å². The van der Waals surface area contributed by atoms with E-state index in [1.807, 2.05) is 6.20 Å². The zero-order valence-corrected chi connectivity index (χ0v) is 7.72. The quantitative estimate of drug-likeness (QED) is 0.587. The molecule has 1 aromatic rings. The first-order valence-electron chi connectivity index (χ1n) is 4.22. The molecule has 1 aliphatic rings. The number of hydrogen-bond acceptors (Lipinski definition) is 2. The second kappa shape index (κ2) is 2.22. The largest absolute Gasteiger partial charge is 0.357 e. The molecule has 1 aliphatic carbocycles. The van der Waals surface area contributed by atoms with Gasteiger partial charge in [-0.1, -0.05) is 24.6 Å². The molecule has 0 N–H and O–H groups in total. The van der Waals surface area contributed by atoms with Gasteiger partial charge in [0.15, 0.2) is 5.76 Å². The predicted molar refractivity (Wildman–Crippen MR) is 47.6 cm³/mol. The third-order valence-corrected chi connectivity index (χ3v) is 2.72. The summed E-state index contributed by atoms with van der Waals surface area (Å²) < 4.78 is 5.09. The van der Waals surface area contributed by atoms with Gasteiger partial charge in [-0.3, -0.25) is 0 Å². The normalized spacial score (nSPS) is 20.1. The van der Waals surface area contributed by atoms with Crippen molar-refractivity contribution in [3.05, 3.63) is 23.1 Å². The van der Waals surface area contributed by atoms with Crippen molar-refractivity contribution in [1.29, 1.82) is 0 Å². The molecule has 0 aromatic carbocycles. The van der Waals surface area contributed by atoms with Gasteiger partial charge in [0.2, 0.25) is 0 Å². The van der Waals surface area contributed by atoms with Crippen LogP contribution in [0.4, 0.5) is 0 Å². The van der Waals surface area contributed by atoms with Crippen molar-refractivity contribution in [3.8, 4) is 0 Å². The standard InChI is InChI=1S/C10H13NO/c1-7-4-9-8(6-11-12-9)5-10(7,2)3/h4,6H,5H2,1-3H3. The summed E-state index contributed by atoms with van der Waals surface area (Å²) >= 11 is 0. The van der Waals surface area contributed by atoms with Crippen molar-refractivity contribution in [2.45, 2.75) is 27.2 Å². The number of allylic oxidation sites excluding steroid dienone is 1. The lowest BCUT2D eigenvalue weighted by Gasteiger charge is -2.28. The van der Waals surface area contributed by atoms with E-state index in [4.69, 9.17) is 4.52 Å². The molecular formula is C10H13NO. The first kappa shape index (κ1) is 7.59. The minimum Gasteiger partial charge on any atom is -0.357 e. The lowest BCUT2D eigenvalue weighted by atomic mass is 9.76. The van der Waals surface area contributed by atoms with Crippen LogP contribution in [0.5, 0.6) is 0 Å². The summed E-state index contributed by atoms with van der Waals surface area (Å²) in [5.74, 6) is 0.937. The van der Waals surface area contributed by atoms with Gasteiger partial charge < -0.3 is 4.52 Å². The monoisotopic (exact) mass is 163 g/mol. The maximum atomic E-state index is 5.09. The molecule has 0 saturated heterocycles. The number of rotatable bonds is 0. The van der Waals surface area contributed by atoms with E-state index in [0.29, 0.717) is 0 Å². The van der Waals surface area contributed by atoms with Crippen LogP contribution in [0.25, 0.3) is 6.08 Å². The molecular weight excluding hydrogens is 150 g/mol. The van der Waals surface area contributed by atoms with E-state index in [1.165, 1.54) is 11.1 Å². The summed E-state index contributed by atoms with van der Waals surface area (Å²) in [5.41, 5.74) is 2.86. The fraction of sp³-hybridized carbons (Fsp3) is 0.500. The molecule has 0 amide bonds. The predicted octanol–water partition coefficient (Wildman–Crippen LogP) is 2.66. The number of aromatic nitrogens is 1. The van der Waals surface area contributed by atoms with Gasteiger partial charge in [-0.05, 0) is 24.8 Å². The molecule has 0 radical (unpaired) electrons. The highest BCUT2D eigenvalue weighted by Gasteiger charge is 2.27. The Kier molecular flexibility index (Phi) is 1.40. The highest BCUT2D eigenvalue weighted by Crippen LogP contribution is 2.37. The minimum atomic E-state index is 0.262. The zero-order valence-electron chi connectivity index (χ0n) is 7.72. The average Bonchev–Trinajstić information content (AvgIpc) is 2.35. The Morgan fingerprint density at radius 3 is 3.00 bits per heavy atom. The van der Waals surface area contributed by atoms with Crippen LogP contribution in [-0.4, -0.2) is 5.16 Å². The zero-order chi connectivity index (χ0) is 8.77. The van der Waals surface area contributed by atoms with Crippen LogP contribution >= 0.6 is 0 Å². The molecule has 0 aliphatic heterocycles. The average molecular weight is 163 g/mol. The van der Waals surface area contributed by atoms with Crippen LogP contribution in [0, 0.1) is 5.41 Å². The Morgan fingerprint density at radius 1 is 1.50 bits per heavy atom. The lowest BCUT2D eigenvalue weighted by molar-refractivity contribution is 0.395. The van der Waals surface area contributed by atoms with Crippen molar-refractivity contribution >= 4 is 6.08 Å². The van der Waals surface area contributed by atoms with E-state index in [1.54, 1.807) is 0 Å². The molecule has 64 valence electrons. The van der Waals surface area contributed by atoms with Crippen LogP contribution in [0.15, 0.2) is 16.3 Å². The maximum absolute atomic E-state index is 5.09. The van der Waals surface area contributed by atoms with Gasteiger partial charge >= 0.3 is 0 Å². The summed E-state index contributed by atoms with van der Waals surface area (Å²) in [6.07, 6.45) is 4.94. The minimum absolute atomic E-state index is 0.262. The van der Waals surface area contributed by atoms with Gasteiger partial charge in [-0.2, -0.15) is 0 Å². The fourth-order valence-electron chi connectivity index (χ4n) is 1.53. The van der Waals surface area contributed by atoms with E-state index in [-0.39, 0.29) is 5.41 Å². The molecule has 2 heteroatoms. The molecule has 1 heterocycles. The van der Waals surface area contributed by atoms with Crippen molar-refractivity contribution in [3.63, 3.8) is 0 Å². The second-order valence-corrected chi connectivity index (χ2v) is 4.10. The van der Waals surface area contributed by atoms with Crippen molar-refractivity contribution in [2.75, 3.05) is 0 Å². The molecule has 0 atom stereocenters. The van der Waals surface area contributed by atoms with Crippen LogP contribution in [0.1, 0.15) is 32.1 Å². The molecule has 0 unspecified atom stereocenters. The third kappa shape index (κ3) is 0.986. The Bertz CT molecular complexity index is 333. The summed E-state index contributed by atoms with van der Waals surface area (Å²) in [4.78, 5) is 0. The van der Waals surface area contributed by atoms with E-state index in [9.17, 15) is 0 Å². The van der Waals surface area contributed by atoms with Gasteiger partial charge in [0.1, 0.15) is 0 Å². The first-order chi connectivity index (χ1) is 5.59. The Labute approximate surface area is 72.3 Å². The van der Waals surface area contributed by atoms with E-state index in [0.717, 1.165) is 12.2 Å². The molecule has 0 saturated carbocycles. The topological polar surface area (TPSA) is 26.0 Å². The van der Waals surface area contributed by atoms with Crippen molar-refractivity contribution in [2.24, 2.45) is 5.41 Å².